The van der Waals surface area contributed by atoms with E-state index in [1.54, 1.807) is 31.3 Å². The minimum Gasteiger partial charge on any atom is -0.458 e. The number of unbranched alkanes of at least 4 members (excludes halogenated alkanes) is 2. The van der Waals surface area contributed by atoms with E-state index in [9.17, 15) is 53.7 Å². The van der Waals surface area contributed by atoms with Gasteiger partial charge in [-0.15, -0.1) is 11.7 Å². The fraction of sp³-hybridized carbons (Fsp3) is 0.494. The number of piperidine rings is 1. The second kappa shape index (κ2) is 31.1. The average molecular weight is 1510 g/mol. The molecule has 2 aromatic heterocycles. The first kappa shape index (κ1) is 78.0. The van der Waals surface area contributed by atoms with E-state index in [0.29, 0.717) is 125 Å². The number of nitrogens with one attached hydrogen (secondary N) is 2. The number of hydrogen-bond donors (Lipinski definition) is 5. The topological polar surface area (TPSA) is 306 Å². The molecule has 2 unspecified atom stereocenters. The van der Waals surface area contributed by atoms with Crippen LogP contribution in [0.15, 0.2) is 140 Å². The van der Waals surface area contributed by atoms with Gasteiger partial charge in [0.25, 0.3) is 0 Å². The van der Waals surface area contributed by atoms with Gasteiger partial charge in [-0.2, -0.15) is 0 Å². The van der Waals surface area contributed by atoms with Crippen LogP contribution in [-0.2, 0) is 82.7 Å². The summed E-state index contributed by atoms with van der Waals surface area (Å²) in [6.07, 6.45) is 25.2. The third-order valence-electron chi connectivity index (χ3n) is 26.3. The molecule has 8 heterocycles. The van der Waals surface area contributed by atoms with Crippen LogP contribution in [0.25, 0.3) is 17.0 Å². The van der Waals surface area contributed by atoms with Crippen molar-refractivity contribution < 1.29 is 72.1 Å². The average Bonchev–Trinajstić information content (AvgIpc) is 1.49. The summed E-state index contributed by atoms with van der Waals surface area (Å²) < 4.78 is 14.0. The van der Waals surface area contributed by atoms with Gasteiger partial charge in [0.1, 0.15) is 36.2 Å². The standard InChI is InChI=1S/C87H103N10O14/c1-8-62-45-63(28-25-59-20-13-11-14-21-59)76-75(62)78(106)95(79(76)107)38-18-12-15-24-73(104)93(39-31-72(103)88-36-43-98)49-64-50-94(91-90-64)40-32-74(105)111-65-29-26-60(27-30-65)51-97-42-33-67-66-22-16-17-23-70(66)89-77(67)86(56(5)100,48-61(52-97)47-83(108,9-2)53-97)68-46-69-71(44-55(68)4)96(54-99)81-85(69)35-41-92-37-19-34-84(10-3,80(85)92)82(110-58(7)102)87(81,109)57(6)101/h8,11,13-14,16-17,19-23,25-30,34,44,46,50-51,54,61-63,75-76,80-82,89,98,108-109H,1,9-10,12,15,18,24,31-33,35-43,45,47-49,52-53H2,2-7H3/q+1/p+1/b28-25+/t61-,62?,63?,75+,76-,80-,81+,82+,83-,84+,85+,86-,87-,97-/m0/s1. The van der Waals surface area contributed by atoms with Gasteiger partial charge in [0.2, 0.25) is 35.8 Å². The number of H-pyrrole nitrogens is 1. The predicted octanol–water partition coefficient (Wildman–Crippen LogP) is 8.01. The molecule has 2 saturated carbocycles. The van der Waals surface area contributed by atoms with E-state index < -0.39 is 75.2 Å². The molecule has 9 aliphatic rings. The van der Waals surface area contributed by atoms with Crippen molar-refractivity contribution in [3.63, 3.8) is 0 Å². The number of carbonyl (C=O) groups is 9. The monoisotopic (exact) mass is 1510 g/mol. The van der Waals surface area contributed by atoms with Crippen molar-refractivity contribution in [1.29, 1.82) is 0 Å². The maximum absolute atomic E-state index is 15.9. The zero-order valence-electron chi connectivity index (χ0n) is 64.5. The van der Waals surface area contributed by atoms with E-state index in [4.69, 9.17) is 9.16 Å². The second-order valence-electron chi connectivity index (χ2n) is 32.7. The number of nitrogens with zero attached hydrogens (tertiary/aromatic N) is 8. The number of ether oxygens (including phenoxy) is 1. The van der Waals surface area contributed by atoms with Crippen molar-refractivity contribution in [3.8, 4) is 0 Å². The fourth-order valence-corrected chi connectivity index (χ4v) is 21.5. The highest BCUT2D eigenvalue weighted by molar-refractivity contribution is 6.06. The minimum atomic E-state index is -2.35. The molecule has 584 valence electrons. The molecule has 5 N–H and O–H groups in total. The molecule has 0 radical (unpaired) electrons. The summed E-state index contributed by atoms with van der Waals surface area (Å²) in [5, 5.41) is 48.0. The molecule has 24 heteroatoms. The van der Waals surface area contributed by atoms with Crippen LogP contribution in [0.4, 0.5) is 5.69 Å². The molecule has 5 amide bonds. The van der Waals surface area contributed by atoms with Crippen molar-refractivity contribution >= 4 is 82.0 Å². The number of esters is 1. The number of benzene rings is 3. The van der Waals surface area contributed by atoms with Gasteiger partial charge in [-0.3, -0.25) is 61.7 Å². The van der Waals surface area contributed by atoms with E-state index in [0.717, 1.165) is 50.0 Å². The summed E-state index contributed by atoms with van der Waals surface area (Å²) in [5.74, 6) is -3.81. The van der Waals surface area contributed by atoms with Gasteiger partial charge in [0.05, 0.1) is 62.3 Å². The number of allylic oxidation sites excluding steroid dienone is 7. The van der Waals surface area contributed by atoms with E-state index in [1.807, 2.05) is 106 Å². The second-order valence-corrected chi connectivity index (χ2v) is 32.7. The molecule has 3 saturated heterocycles. The van der Waals surface area contributed by atoms with Crippen LogP contribution >= 0.6 is 0 Å². The van der Waals surface area contributed by atoms with Gasteiger partial charge in [0, 0.05) is 120 Å². The fourth-order valence-electron chi connectivity index (χ4n) is 21.5. The molecule has 111 heavy (non-hydrogen) atoms. The van der Waals surface area contributed by atoms with E-state index in [2.05, 4.69) is 56.5 Å². The van der Waals surface area contributed by atoms with Gasteiger partial charge in [-0.25, -0.2) is 0 Å². The molecular formula is C87H104N10O14+2. The van der Waals surface area contributed by atoms with Gasteiger partial charge < -0.3 is 40.2 Å². The lowest BCUT2D eigenvalue weighted by molar-refractivity contribution is -0.896. The zero-order chi connectivity index (χ0) is 78.5. The van der Waals surface area contributed by atoms with E-state index in [-0.39, 0.29) is 106 Å². The molecule has 14 rings (SSSR count). The van der Waals surface area contributed by atoms with Gasteiger partial charge in [0.15, 0.2) is 17.5 Å². The van der Waals surface area contributed by atoms with Crippen molar-refractivity contribution in [2.45, 2.75) is 178 Å². The molecule has 1 spiro atoms. The largest absolute Gasteiger partial charge is 0.582 e. The number of fused-ring (bicyclic) bond motifs is 7. The summed E-state index contributed by atoms with van der Waals surface area (Å²) >= 11 is 0. The number of aromatic nitrogens is 4. The molecule has 5 fully saturated rings. The number of rotatable bonds is 27. The number of likely N-dealkylation sites (tertiary alicyclic amines) is 1. The van der Waals surface area contributed by atoms with Crippen molar-refractivity contribution in [1.82, 2.24) is 40.0 Å². The normalized spacial score (nSPS) is 30.3. The molecule has 3 aromatic carbocycles. The number of aromatic amines is 1. The van der Waals surface area contributed by atoms with Gasteiger partial charge in [-0.05, 0) is 143 Å². The number of Topliss-reactive ketones (excluding diaryl/α,β-unsaturated/α-hetero) is 2. The first-order chi connectivity index (χ1) is 53.3. The quantitative estimate of drug-likeness (QED) is 0.00632. The number of imide groups is 1. The van der Waals surface area contributed by atoms with Crippen molar-refractivity contribution in [3.05, 3.63) is 179 Å². The number of anilines is 1. The number of aliphatic hydroxyl groups is 3. The van der Waals surface area contributed by atoms with Crippen LogP contribution in [0.3, 0.4) is 0 Å². The molecule has 3 aliphatic carbocycles. The van der Waals surface area contributed by atoms with E-state index >= 15 is 4.79 Å². The SMILES string of the molecule is C=CC1CC(/C=C/c2ccccc2)[C@@H]2C(=O)N(CCCCCC(=O)N(CCC(=O)NCCO)Cc3cn(CCC(=O)[O+]=C4C=CC(=C[N@+]56CCc7c([nH]c8ccccc78)[C@@](C(C)=O)(c7cc8c(cc7C)N(C=O)[C@H]7[C@@](O)(C(C)=O)[C@H](OC(C)=O)[C@]9(CC)C=CCN%10CC[C@]87[C@@H]%109)C[C@H](C[C@@](O)(CC)C5)C6)C=C4)nn3)C(=O)[C@H]12. The Hall–Kier alpha value is -9.72. The van der Waals surface area contributed by atoms with Gasteiger partial charge >= 0.3 is 11.9 Å². The number of quaternary nitrogens is 1. The lowest BCUT2D eigenvalue weighted by Crippen LogP contribution is -2.81. The van der Waals surface area contributed by atoms with Crippen LogP contribution < -0.4 is 10.2 Å². The third-order valence-corrected chi connectivity index (χ3v) is 26.3. The summed E-state index contributed by atoms with van der Waals surface area (Å²) in [6.45, 7) is 17.1. The third kappa shape index (κ3) is 13.9. The Morgan fingerprint density at radius 3 is 2.34 bits per heavy atom. The number of aryl methyl sites for hydroxylation is 2. The Bertz CT molecular complexity index is 4730. The Labute approximate surface area is 647 Å². The molecule has 5 aromatic rings. The van der Waals surface area contributed by atoms with Crippen LogP contribution in [0, 0.1) is 41.9 Å². The first-order valence-corrected chi connectivity index (χ1v) is 39.7. The molecule has 14 atom stereocenters. The number of aliphatic hydroxyl groups excluding tert-OH is 1. The number of para-hydroxylation sites is 1. The number of carbonyl (C=O) groups excluding carboxylic acids is 10. The summed E-state index contributed by atoms with van der Waals surface area (Å²) in [7, 11) is 0. The Morgan fingerprint density at radius 2 is 1.63 bits per heavy atom. The van der Waals surface area contributed by atoms with Crippen LogP contribution in [-0.4, -0.2) is 202 Å². The maximum atomic E-state index is 15.9. The first-order valence-electron chi connectivity index (χ1n) is 39.7. The van der Waals surface area contributed by atoms with Crippen LogP contribution in [0.5, 0.6) is 0 Å². The summed E-state index contributed by atoms with van der Waals surface area (Å²) in [4.78, 5) is 136. The lowest BCUT2D eigenvalue weighted by Gasteiger charge is -2.63. The van der Waals surface area contributed by atoms with Gasteiger partial charge in [-0.1, -0.05) is 110 Å². The molecule has 24 nitrogen and oxygen atoms in total. The lowest BCUT2D eigenvalue weighted by atomic mass is 9.47. The molecule has 6 aliphatic heterocycles. The predicted molar refractivity (Wildman–Crippen MR) is 415 cm³/mol. The van der Waals surface area contributed by atoms with Crippen molar-refractivity contribution in [2.24, 2.45) is 35.0 Å². The number of ketones is 3. The van der Waals surface area contributed by atoms with E-state index in [1.165, 1.54) is 33.2 Å². The Balaban J connectivity index is 0.671. The smallest absolute Gasteiger partial charge is 0.458 e. The Kier molecular flexibility index (Phi) is 21.8. The molecular weight excluding hydrogens is 1410 g/mol. The number of hydrogen-bond acceptors (Lipinski definition) is 16. The van der Waals surface area contributed by atoms with Crippen LogP contribution in [0.1, 0.15) is 151 Å². The Morgan fingerprint density at radius 1 is 0.874 bits per heavy atom. The summed E-state index contributed by atoms with van der Waals surface area (Å²) in [6, 6.07) is 20.4. The highest BCUT2D eigenvalue weighted by Crippen LogP contribution is 2.68. The van der Waals surface area contributed by atoms with Crippen LogP contribution in [0.2, 0.25) is 0 Å². The van der Waals surface area contributed by atoms with Crippen molar-refractivity contribution in [2.75, 3.05) is 63.9 Å². The zero-order valence-corrected chi connectivity index (χ0v) is 64.5. The minimum absolute atomic E-state index is 0.0235. The maximum Gasteiger partial charge on any atom is 0.582 e. The highest BCUT2D eigenvalue weighted by atomic mass is 16.6. The molecule has 2 bridgehead atoms. The number of amides is 5. The summed E-state index contributed by atoms with van der Waals surface area (Å²) in [5.41, 5.74) is 0.638. The highest BCUT2D eigenvalue weighted by Gasteiger charge is 2.80.